The number of rotatable bonds is 6. The van der Waals surface area contributed by atoms with E-state index in [4.69, 9.17) is 0 Å². The number of benzene rings is 1. The third kappa shape index (κ3) is 4.55. The van der Waals surface area contributed by atoms with Crippen LogP contribution in [0.1, 0.15) is 30.1 Å². The van der Waals surface area contributed by atoms with Crippen LogP contribution in [-0.2, 0) is 6.54 Å². The van der Waals surface area contributed by atoms with Crippen molar-refractivity contribution in [1.29, 1.82) is 0 Å². The van der Waals surface area contributed by atoms with Gasteiger partial charge in [0.05, 0.1) is 18.3 Å². The van der Waals surface area contributed by atoms with Gasteiger partial charge in [-0.3, -0.25) is 9.88 Å². The molecule has 1 aromatic heterocycles. The van der Waals surface area contributed by atoms with E-state index in [2.05, 4.69) is 44.8 Å². The predicted octanol–water partition coefficient (Wildman–Crippen LogP) is 2.72. The minimum Gasteiger partial charge on any atom is -0.336 e. The van der Waals surface area contributed by atoms with E-state index >= 15 is 0 Å². The van der Waals surface area contributed by atoms with Crippen LogP contribution in [0.25, 0.3) is 0 Å². The molecular formula is C19H24N4O. The molecule has 1 unspecified atom stereocenters. The fourth-order valence-corrected chi connectivity index (χ4v) is 3.11. The lowest BCUT2D eigenvalue weighted by atomic mass is 10.1. The van der Waals surface area contributed by atoms with Gasteiger partial charge in [-0.15, -0.1) is 0 Å². The summed E-state index contributed by atoms with van der Waals surface area (Å²) in [5.74, 6) is 0. The molecule has 1 aliphatic heterocycles. The zero-order valence-electron chi connectivity index (χ0n) is 13.8. The molecule has 1 aromatic carbocycles. The van der Waals surface area contributed by atoms with Crippen molar-refractivity contribution in [3.05, 3.63) is 66.0 Å². The third-order valence-corrected chi connectivity index (χ3v) is 4.38. The van der Waals surface area contributed by atoms with Crippen molar-refractivity contribution in [2.75, 3.05) is 19.6 Å². The summed E-state index contributed by atoms with van der Waals surface area (Å²) < 4.78 is 0. The number of nitrogens with zero attached hydrogens (tertiary/aromatic N) is 2. The van der Waals surface area contributed by atoms with E-state index in [9.17, 15) is 4.79 Å². The lowest BCUT2D eigenvalue weighted by molar-refractivity contribution is 0.220. The molecule has 126 valence electrons. The second kappa shape index (κ2) is 8.45. The number of carbonyl (C=O) groups is 1. The largest absolute Gasteiger partial charge is 0.336 e. The molecule has 0 aliphatic carbocycles. The van der Waals surface area contributed by atoms with Crippen molar-refractivity contribution in [1.82, 2.24) is 20.5 Å². The van der Waals surface area contributed by atoms with Gasteiger partial charge in [0.25, 0.3) is 0 Å². The first-order valence-corrected chi connectivity index (χ1v) is 8.53. The SMILES string of the molecule is O=C(NCc1ccccn1)NCC(c1ccccc1)N1CCCC1. The van der Waals surface area contributed by atoms with Gasteiger partial charge in [-0.1, -0.05) is 36.4 Å². The molecule has 0 spiro atoms. The van der Waals surface area contributed by atoms with E-state index in [1.165, 1.54) is 18.4 Å². The summed E-state index contributed by atoms with van der Waals surface area (Å²) in [4.78, 5) is 18.8. The molecule has 1 fully saturated rings. The highest BCUT2D eigenvalue weighted by Crippen LogP contribution is 2.24. The van der Waals surface area contributed by atoms with Crippen LogP contribution in [0.4, 0.5) is 4.79 Å². The number of amides is 2. The molecule has 2 N–H and O–H groups in total. The average Bonchev–Trinajstić information content (AvgIpc) is 3.16. The quantitative estimate of drug-likeness (QED) is 0.859. The van der Waals surface area contributed by atoms with E-state index in [0.717, 1.165) is 18.8 Å². The molecule has 5 heteroatoms. The van der Waals surface area contributed by atoms with E-state index < -0.39 is 0 Å². The summed E-state index contributed by atoms with van der Waals surface area (Å²) in [6.45, 7) is 3.23. The predicted molar refractivity (Wildman–Crippen MR) is 94.5 cm³/mol. The molecule has 1 saturated heterocycles. The topological polar surface area (TPSA) is 57.3 Å². The van der Waals surface area contributed by atoms with E-state index in [1.54, 1.807) is 6.20 Å². The van der Waals surface area contributed by atoms with E-state index in [-0.39, 0.29) is 12.1 Å². The van der Waals surface area contributed by atoms with Gasteiger partial charge in [-0.2, -0.15) is 0 Å². The number of pyridine rings is 1. The van der Waals surface area contributed by atoms with Crippen LogP contribution in [0, 0.1) is 0 Å². The number of hydrogen-bond acceptors (Lipinski definition) is 3. The summed E-state index contributed by atoms with van der Waals surface area (Å²) in [6.07, 6.45) is 4.19. The van der Waals surface area contributed by atoms with Gasteiger partial charge >= 0.3 is 6.03 Å². The van der Waals surface area contributed by atoms with Gasteiger partial charge in [0, 0.05) is 12.7 Å². The molecule has 2 amide bonds. The first-order chi connectivity index (χ1) is 11.8. The summed E-state index contributed by atoms with van der Waals surface area (Å²) >= 11 is 0. The minimum atomic E-state index is -0.152. The molecule has 24 heavy (non-hydrogen) atoms. The van der Waals surface area contributed by atoms with Gasteiger partial charge in [0.2, 0.25) is 0 Å². The van der Waals surface area contributed by atoms with Crippen LogP contribution in [0.15, 0.2) is 54.7 Å². The van der Waals surface area contributed by atoms with Crippen molar-refractivity contribution in [2.45, 2.75) is 25.4 Å². The Hall–Kier alpha value is -2.40. The van der Waals surface area contributed by atoms with Crippen molar-refractivity contribution >= 4 is 6.03 Å². The average molecular weight is 324 g/mol. The lowest BCUT2D eigenvalue weighted by Gasteiger charge is -2.28. The lowest BCUT2D eigenvalue weighted by Crippen LogP contribution is -2.41. The number of hydrogen-bond donors (Lipinski definition) is 2. The Morgan fingerprint density at radius 3 is 2.50 bits per heavy atom. The molecule has 0 radical (unpaired) electrons. The second-order valence-corrected chi connectivity index (χ2v) is 6.05. The van der Waals surface area contributed by atoms with Crippen LogP contribution in [0.3, 0.4) is 0 Å². The highest BCUT2D eigenvalue weighted by molar-refractivity contribution is 5.73. The maximum atomic E-state index is 12.1. The molecule has 0 bridgehead atoms. The Balaban J connectivity index is 1.54. The highest BCUT2D eigenvalue weighted by Gasteiger charge is 2.23. The molecule has 1 aliphatic rings. The van der Waals surface area contributed by atoms with Crippen LogP contribution >= 0.6 is 0 Å². The van der Waals surface area contributed by atoms with Crippen molar-refractivity contribution in [2.24, 2.45) is 0 Å². The fourth-order valence-electron chi connectivity index (χ4n) is 3.11. The fraction of sp³-hybridized carbons (Fsp3) is 0.368. The molecule has 2 heterocycles. The van der Waals surface area contributed by atoms with Crippen molar-refractivity contribution in [3.63, 3.8) is 0 Å². The molecule has 3 rings (SSSR count). The standard InChI is InChI=1S/C19H24N4O/c24-19(21-14-17-10-4-5-11-20-17)22-15-18(23-12-6-7-13-23)16-8-2-1-3-9-16/h1-5,8-11,18H,6-7,12-15H2,(H2,21,22,24). The summed E-state index contributed by atoms with van der Waals surface area (Å²) in [5.41, 5.74) is 2.11. The molecule has 5 nitrogen and oxygen atoms in total. The monoisotopic (exact) mass is 324 g/mol. The first-order valence-electron chi connectivity index (χ1n) is 8.53. The molecule has 1 atom stereocenters. The zero-order valence-corrected chi connectivity index (χ0v) is 13.8. The normalized spacial score (nSPS) is 15.8. The Morgan fingerprint density at radius 1 is 1.04 bits per heavy atom. The van der Waals surface area contributed by atoms with Gasteiger partial charge in [0.15, 0.2) is 0 Å². The maximum absolute atomic E-state index is 12.1. The highest BCUT2D eigenvalue weighted by atomic mass is 16.2. The van der Waals surface area contributed by atoms with Gasteiger partial charge in [0.1, 0.15) is 0 Å². The van der Waals surface area contributed by atoms with Gasteiger partial charge in [-0.25, -0.2) is 4.79 Å². The van der Waals surface area contributed by atoms with E-state index in [1.807, 2.05) is 24.3 Å². The maximum Gasteiger partial charge on any atom is 0.315 e. The van der Waals surface area contributed by atoms with Crippen molar-refractivity contribution < 1.29 is 4.79 Å². The Bertz CT molecular complexity index is 626. The molecule has 2 aromatic rings. The number of aromatic nitrogens is 1. The van der Waals surface area contributed by atoms with Crippen LogP contribution < -0.4 is 10.6 Å². The Morgan fingerprint density at radius 2 is 1.79 bits per heavy atom. The first kappa shape index (κ1) is 16.5. The number of urea groups is 1. The smallest absolute Gasteiger partial charge is 0.315 e. The minimum absolute atomic E-state index is 0.152. The molecule has 0 saturated carbocycles. The summed E-state index contributed by atoms with van der Waals surface area (Å²) in [6, 6.07) is 16.2. The van der Waals surface area contributed by atoms with Crippen LogP contribution in [0.2, 0.25) is 0 Å². The van der Waals surface area contributed by atoms with Crippen molar-refractivity contribution in [3.8, 4) is 0 Å². The Labute approximate surface area is 143 Å². The van der Waals surface area contributed by atoms with Gasteiger partial charge in [-0.05, 0) is 43.6 Å². The summed E-state index contributed by atoms with van der Waals surface area (Å²) in [5, 5.41) is 5.87. The van der Waals surface area contributed by atoms with Gasteiger partial charge < -0.3 is 10.6 Å². The third-order valence-electron chi connectivity index (χ3n) is 4.38. The van der Waals surface area contributed by atoms with Crippen LogP contribution in [0.5, 0.6) is 0 Å². The second-order valence-electron chi connectivity index (χ2n) is 6.05. The molecular weight excluding hydrogens is 300 g/mol. The van der Waals surface area contributed by atoms with Crippen LogP contribution in [-0.4, -0.2) is 35.5 Å². The number of nitrogens with one attached hydrogen (secondary N) is 2. The Kier molecular flexibility index (Phi) is 5.80. The zero-order chi connectivity index (χ0) is 16.6. The summed E-state index contributed by atoms with van der Waals surface area (Å²) in [7, 11) is 0. The van der Waals surface area contributed by atoms with E-state index in [0.29, 0.717) is 13.1 Å². The number of carbonyl (C=O) groups excluding carboxylic acids is 1. The number of likely N-dealkylation sites (tertiary alicyclic amines) is 1.